The molecule has 0 spiro atoms. The molecule has 0 atom stereocenters. The highest BCUT2D eigenvalue weighted by atomic mass is 35.5. The van der Waals surface area contributed by atoms with Gasteiger partial charge in [-0.1, -0.05) is 17.7 Å². The molecule has 0 saturated carbocycles. The number of sulfonamides is 1. The lowest BCUT2D eigenvalue weighted by atomic mass is 10.2. The smallest absolute Gasteiger partial charge is 0.244 e. The molecule has 0 aliphatic carbocycles. The quantitative estimate of drug-likeness (QED) is 0.832. The summed E-state index contributed by atoms with van der Waals surface area (Å²) in [4.78, 5) is -0.00207. The largest absolute Gasteiger partial charge is 0.392 e. The minimum absolute atomic E-state index is 0.00207. The molecule has 1 aromatic rings. The van der Waals surface area contributed by atoms with E-state index in [1.54, 1.807) is 6.07 Å². The monoisotopic (exact) mass is 321 g/mol. The molecule has 20 heavy (non-hydrogen) atoms. The maximum atomic E-state index is 12.4. The second-order valence-corrected chi connectivity index (χ2v) is 7.09. The molecule has 0 aliphatic rings. The SMILES string of the molecule is CC(C)OCCN(C)S(=O)(=O)c1cc(CO)ccc1Cl. The number of aliphatic hydroxyl groups is 1. The summed E-state index contributed by atoms with van der Waals surface area (Å²) < 4.78 is 31.3. The number of hydrogen-bond acceptors (Lipinski definition) is 4. The van der Waals surface area contributed by atoms with Crippen LogP contribution in [0.15, 0.2) is 23.1 Å². The summed E-state index contributed by atoms with van der Waals surface area (Å²) in [6.07, 6.45) is 0.0485. The highest BCUT2D eigenvalue weighted by molar-refractivity contribution is 7.89. The fraction of sp³-hybridized carbons (Fsp3) is 0.538. The lowest BCUT2D eigenvalue weighted by Gasteiger charge is -2.19. The molecule has 0 aliphatic heterocycles. The van der Waals surface area contributed by atoms with E-state index in [1.807, 2.05) is 13.8 Å². The van der Waals surface area contributed by atoms with Crippen LogP contribution in [-0.2, 0) is 21.4 Å². The Kier molecular flexibility index (Phi) is 6.42. The van der Waals surface area contributed by atoms with E-state index < -0.39 is 10.0 Å². The third-order valence-corrected chi connectivity index (χ3v) is 5.06. The Bertz CT molecular complexity index is 545. The molecule has 0 heterocycles. The van der Waals surface area contributed by atoms with Crippen LogP contribution in [0.2, 0.25) is 5.02 Å². The van der Waals surface area contributed by atoms with Crippen molar-refractivity contribution in [3.05, 3.63) is 28.8 Å². The molecule has 5 nitrogen and oxygen atoms in total. The Labute approximate surface area is 125 Å². The van der Waals surface area contributed by atoms with E-state index in [2.05, 4.69) is 0 Å². The summed E-state index contributed by atoms with van der Waals surface area (Å²) in [5.74, 6) is 0. The molecular formula is C13H20ClNO4S. The van der Waals surface area contributed by atoms with Gasteiger partial charge in [0.15, 0.2) is 0 Å². The third-order valence-electron chi connectivity index (χ3n) is 2.72. The number of halogens is 1. The number of aliphatic hydroxyl groups excluding tert-OH is 1. The molecule has 0 bridgehead atoms. The van der Waals surface area contributed by atoms with Crippen molar-refractivity contribution >= 4 is 21.6 Å². The van der Waals surface area contributed by atoms with Crippen molar-refractivity contribution in [1.29, 1.82) is 0 Å². The molecule has 0 radical (unpaired) electrons. The zero-order chi connectivity index (χ0) is 15.3. The number of likely N-dealkylation sites (N-methyl/N-ethyl adjacent to an activating group) is 1. The van der Waals surface area contributed by atoms with E-state index in [0.717, 1.165) is 0 Å². The molecule has 1 N–H and O–H groups in total. The van der Waals surface area contributed by atoms with Crippen LogP contribution < -0.4 is 0 Å². The van der Waals surface area contributed by atoms with Crippen LogP contribution in [0.25, 0.3) is 0 Å². The van der Waals surface area contributed by atoms with E-state index in [4.69, 9.17) is 21.4 Å². The second kappa shape index (κ2) is 7.38. The van der Waals surface area contributed by atoms with Crippen LogP contribution in [0.4, 0.5) is 0 Å². The highest BCUT2D eigenvalue weighted by Crippen LogP contribution is 2.25. The van der Waals surface area contributed by atoms with Gasteiger partial charge in [0.05, 0.1) is 24.3 Å². The maximum Gasteiger partial charge on any atom is 0.244 e. The van der Waals surface area contributed by atoms with Gasteiger partial charge in [-0.15, -0.1) is 0 Å². The average Bonchev–Trinajstić information content (AvgIpc) is 2.38. The molecule has 114 valence electrons. The van der Waals surface area contributed by atoms with Crippen molar-refractivity contribution in [2.24, 2.45) is 0 Å². The Morgan fingerprint density at radius 2 is 2.05 bits per heavy atom. The Morgan fingerprint density at radius 1 is 1.40 bits per heavy atom. The molecule has 0 fully saturated rings. The van der Waals surface area contributed by atoms with E-state index >= 15 is 0 Å². The topological polar surface area (TPSA) is 66.8 Å². The normalized spacial score (nSPS) is 12.3. The van der Waals surface area contributed by atoms with Crippen LogP contribution >= 0.6 is 11.6 Å². The number of nitrogens with zero attached hydrogens (tertiary/aromatic N) is 1. The summed E-state index contributed by atoms with van der Waals surface area (Å²) in [6.45, 7) is 4.08. The molecule has 0 unspecified atom stereocenters. The molecule has 1 aromatic carbocycles. The second-order valence-electron chi connectivity index (χ2n) is 4.67. The summed E-state index contributed by atoms with van der Waals surface area (Å²) >= 11 is 5.95. The van der Waals surface area contributed by atoms with Crippen molar-refractivity contribution in [2.45, 2.75) is 31.5 Å². The first-order valence-corrected chi connectivity index (χ1v) is 8.08. The van der Waals surface area contributed by atoms with Crippen molar-refractivity contribution in [1.82, 2.24) is 4.31 Å². The zero-order valence-electron chi connectivity index (χ0n) is 11.8. The summed E-state index contributed by atoms with van der Waals surface area (Å²) in [5.41, 5.74) is 0.500. The van der Waals surface area contributed by atoms with Gasteiger partial charge in [0.25, 0.3) is 0 Å². The highest BCUT2D eigenvalue weighted by Gasteiger charge is 2.23. The van der Waals surface area contributed by atoms with Crippen LogP contribution in [0.1, 0.15) is 19.4 Å². The Morgan fingerprint density at radius 3 is 2.60 bits per heavy atom. The van der Waals surface area contributed by atoms with Gasteiger partial charge >= 0.3 is 0 Å². The molecule has 0 amide bonds. The minimum atomic E-state index is -3.69. The van der Waals surface area contributed by atoms with Crippen LogP contribution in [0.5, 0.6) is 0 Å². The predicted molar refractivity (Wildman–Crippen MR) is 78.3 cm³/mol. The Hall–Kier alpha value is -0.660. The van der Waals surface area contributed by atoms with Crippen LogP contribution in [0, 0.1) is 0 Å². The van der Waals surface area contributed by atoms with Crippen molar-refractivity contribution < 1.29 is 18.3 Å². The summed E-state index contributed by atoms with van der Waals surface area (Å²) in [6, 6.07) is 4.44. The maximum absolute atomic E-state index is 12.4. The van der Waals surface area contributed by atoms with Crippen molar-refractivity contribution in [3.63, 3.8) is 0 Å². The van der Waals surface area contributed by atoms with E-state index in [1.165, 1.54) is 23.5 Å². The molecule has 0 aromatic heterocycles. The standard InChI is InChI=1S/C13H20ClNO4S/c1-10(2)19-7-6-15(3)20(17,18)13-8-11(9-16)4-5-12(13)14/h4-5,8,10,16H,6-7,9H2,1-3H3. The van der Waals surface area contributed by atoms with Gasteiger partial charge in [-0.05, 0) is 31.5 Å². The third kappa shape index (κ3) is 4.43. The average molecular weight is 322 g/mol. The van der Waals surface area contributed by atoms with Crippen molar-refractivity contribution in [3.8, 4) is 0 Å². The first-order valence-electron chi connectivity index (χ1n) is 6.26. The van der Waals surface area contributed by atoms with E-state index in [0.29, 0.717) is 12.2 Å². The molecule has 7 heteroatoms. The van der Waals surface area contributed by atoms with Gasteiger partial charge in [0, 0.05) is 13.6 Å². The first-order chi connectivity index (χ1) is 9.28. The minimum Gasteiger partial charge on any atom is -0.392 e. The number of ether oxygens (including phenoxy) is 1. The van der Waals surface area contributed by atoms with E-state index in [9.17, 15) is 8.42 Å². The van der Waals surface area contributed by atoms with E-state index in [-0.39, 0.29) is 29.2 Å². The molecular weight excluding hydrogens is 302 g/mol. The van der Waals surface area contributed by atoms with Crippen molar-refractivity contribution in [2.75, 3.05) is 20.2 Å². The molecule has 1 rings (SSSR count). The van der Waals surface area contributed by atoms with Gasteiger partial charge in [0.1, 0.15) is 4.90 Å². The fourth-order valence-electron chi connectivity index (χ4n) is 1.55. The van der Waals surface area contributed by atoms with Gasteiger partial charge in [0.2, 0.25) is 10.0 Å². The lowest BCUT2D eigenvalue weighted by molar-refractivity contribution is 0.0737. The zero-order valence-corrected chi connectivity index (χ0v) is 13.4. The Balaban J connectivity index is 2.92. The fourth-order valence-corrected chi connectivity index (χ4v) is 3.22. The summed E-state index contributed by atoms with van der Waals surface area (Å²) in [7, 11) is -2.22. The van der Waals surface area contributed by atoms with Gasteiger partial charge in [-0.2, -0.15) is 4.31 Å². The number of rotatable bonds is 7. The predicted octanol–water partition coefficient (Wildman–Crippen LogP) is 1.88. The van der Waals surface area contributed by atoms with Gasteiger partial charge < -0.3 is 9.84 Å². The van der Waals surface area contributed by atoms with Gasteiger partial charge in [-0.25, -0.2) is 8.42 Å². The lowest BCUT2D eigenvalue weighted by Crippen LogP contribution is -2.31. The first kappa shape index (κ1) is 17.4. The molecule has 0 saturated heterocycles. The number of hydrogen-bond donors (Lipinski definition) is 1. The van der Waals surface area contributed by atoms with Crippen LogP contribution in [0.3, 0.4) is 0 Å². The summed E-state index contributed by atoms with van der Waals surface area (Å²) in [5, 5.41) is 9.23. The van der Waals surface area contributed by atoms with Gasteiger partial charge in [-0.3, -0.25) is 0 Å². The number of benzene rings is 1. The van der Waals surface area contributed by atoms with Crippen LogP contribution in [-0.4, -0.2) is 44.1 Å².